The number of benzene rings is 3. The summed E-state index contributed by atoms with van der Waals surface area (Å²) < 4.78 is 2.08. The third-order valence-corrected chi connectivity index (χ3v) is 7.40. The van der Waals surface area contributed by atoms with Crippen LogP contribution in [-0.4, -0.2) is 34.0 Å². The number of carbonyl (C=O) groups excluding carboxylic acids is 2. The summed E-state index contributed by atoms with van der Waals surface area (Å²) in [5, 5.41) is 3.98. The summed E-state index contributed by atoms with van der Waals surface area (Å²) in [5.74, 6) is -0.246. The Morgan fingerprint density at radius 3 is 2.26 bits per heavy atom. The van der Waals surface area contributed by atoms with Crippen molar-refractivity contribution in [2.75, 3.05) is 16.8 Å². The first-order valence-corrected chi connectivity index (χ1v) is 13.3. The maximum Gasteiger partial charge on any atom is 0.322 e. The SMILES string of the molecule is CC(C)N(CC(=O)N1c2ccccc2-n2cccc2[C@H]1c1cccc(Cl)c1)C(=O)Nc1c(Cl)cccc1Cl. The number of aromatic nitrogens is 1. The van der Waals surface area contributed by atoms with Crippen LogP contribution in [0.1, 0.15) is 31.1 Å². The van der Waals surface area contributed by atoms with Gasteiger partial charge in [-0.05, 0) is 67.9 Å². The fourth-order valence-corrected chi connectivity index (χ4v) is 5.45. The normalized spacial score (nSPS) is 14.2. The molecule has 0 saturated heterocycles. The molecule has 38 heavy (non-hydrogen) atoms. The molecule has 5 rings (SSSR count). The van der Waals surface area contributed by atoms with Gasteiger partial charge in [0, 0.05) is 17.3 Å². The Balaban J connectivity index is 1.53. The molecule has 1 aliphatic rings. The van der Waals surface area contributed by atoms with Crippen LogP contribution in [0.2, 0.25) is 15.1 Å². The van der Waals surface area contributed by atoms with E-state index in [1.807, 2.05) is 74.6 Å². The van der Waals surface area contributed by atoms with E-state index in [9.17, 15) is 9.59 Å². The maximum absolute atomic E-state index is 14.2. The molecule has 0 bridgehead atoms. The van der Waals surface area contributed by atoms with Crippen LogP contribution in [0.5, 0.6) is 0 Å². The molecule has 0 fully saturated rings. The third kappa shape index (κ3) is 4.87. The smallest absolute Gasteiger partial charge is 0.316 e. The van der Waals surface area contributed by atoms with Gasteiger partial charge < -0.3 is 14.8 Å². The largest absolute Gasteiger partial charge is 0.322 e. The summed E-state index contributed by atoms with van der Waals surface area (Å²) >= 11 is 18.9. The average molecular weight is 568 g/mol. The Kier molecular flexibility index (Phi) is 7.39. The zero-order valence-corrected chi connectivity index (χ0v) is 23.0. The lowest BCUT2D eigenvalue weighted by molar-refractivity contribution is -0.119. The van der Waals surface area contributed by atoms with Gasteiger partial charge in [-0.3, -0.25) is 9.69 Å². The number of anilines is 2. The highest BCUT2D eigenvalue weighted by Crippen LogP contribution is 2.42. The van der Waals surface area contributed by atoms with Gasteiger partial charge in [-0.25, -0.2) is 4.79 Å². The molecule has 1 atom stereocenters. The van der Waals surface area contributed by atoms with E-state index in [1.54, 1.807) is 29.2 Å². The Labute approximate surface area is 236 Å². The van der Waals surface area contributed by atoms with Crippen molar-refractivity contribution in [3.63, 3.8) is 0 Å². The monoisotopic (exact) mass is 566 g/mol. The number of rotatable bonds is 5. The van der Waals surface area contributed by atoms with E-state index in [-0.39, 0.29) is 18.5 Å². The molecule has 1 N–H and O–H groups in total. The number of para-hydroxylation sites is 3. The summed E-state index contributed by atoms with van der Waals surface area (Å²) in [7, 11) is 0. The molecule has 0 unspecified atom stereocenters. The van der Waals surface area contributed by atoms with E-state index < -0.39 is 12.1 Å². The number of fused-ring (bicyclic) bond motifs is 3. The van der Waals surface area contributed by atoms with E-state index >= 15 is 0 Å². The standard InChI is InChI=1S/C29H25Cl3N4O2/c1-18(2)35(29(38)33-27-21(31)10-6-11-22(27)32)17-26(37)36-24-13-4-3-12-23(24)34-15-7-14-25(34)28(36)19-8-5-9-20(30)16-19/h3-16,18,28H,17H2,1-2H3,(H,33,38)/t28-/m1/s1. The van der Waals surface area contributed by atoms with E-state index in [0.29, 0.717) is 20.8 Å². The maximum atomic E-state index is 14.2. The Morgan fingerprint density at radius 2 is 1.58 bits per heavy atom. The minimum absolute atomic E-state index is 0.169. The topological polar surface area (TPSA) is 57.6 Å². The quantitative estimate of drug-likeness (QED) is 0.267. The zero-order valence-electron chi connectivity index (χ0n) is 20.7. The van der Waals surface area contributed by atoms with Gasteiger partial charge in [0.2, 0.25) is 5.91 Å². The number of hydrogen-bond acceptors (Lipinski definition) is 2. The summed E-state index contributed by atoms with van der Waals surface area (Å²) in [6.07, 6.45) is 1.98. The number of halogens is 3. The molecular weight excluding hydrogens is 543 g/mol. The molecule has 4 aromatic rings. The highest BCUT2D eigenvalue weighted by molar-refractivity contribution is 6.39. The van der Waals surface area contributed by atoms with Crippen LogP contribution in [0, 0.1) is 0 Å². The van der Waals surface area contributed by atoms with Crippen LogP contribution in [0.4, 0.5) is 16.2 Å². The molecule has 3 aromatic carbocycles. The number of nitrogens with zero attached hydrogens (tertiary/aromatic N) is 3. The fraction of sp³-hybridized carbons (Fsp3) is 0.172. The second-order valence-electron chi connectivity index (χ2n) is 9.26. The fourth-order valence-electron chi connectivity index (χ4n) is 4.76. The van der Waals surface area contributed by atoms with Crippen molar-refractivity contribution in [1.82, 2.24) is 9.47 Å². The molecule has 0 spiro atoms. The number of hydrogen-bond donors (Lipinski definition) is 1. The van der Waals surface area contributed by atoms with Crippen LogP contribution in [0.3, 0.4) is 0 Å². The molecule has 1 aliphatic heterocycles. The second kappa shape index (κ2) is 10.7. The Bertz CT molecular complexity index is 1500. The first-order valence-electron chi connectivity index (χ1n) is 12.1. The van der Waals surface area contributed by atoms with Crippen LogP contribution in [0.25, 0.3) is 5.69 Å². The second-order valence-corrected chi connectivity index (χ2v) is 10.5. The van der Waals surface area contributed by atoms with Gasteiger partial charge in [-0.2, -0.15) is 0 Å². The van der Waals surface area contributed by atoms with Gasteiger partial charge in [0.15, 0.2) is 0 Å². The van der Waals surface area contributed by atoms with Crippen molar-refractivity contribution in [2.24, 2.45) is 0 Å². The van der Waals surface area contributed by atoms with E-state index in [4.69, 9.17) is 34.8 Å². The summed E-state index contributed by atoms with van der Waals surface area (Å²) in [6, 6.07) is 22.9. The minimum Gasteiger partial charge on any atom is -0.316 e. The number of urea groups is 1. The Hall–Kier alpha value is -3.45. The molecule has 0 aliphatic carbocycles. The van der Waals surface area contributed by atoms with Gasteiger partial charge in [-0.15, -0.1) is 0 Å². The number of carbonyl (C=O) groups is 2. The molecule has 0 radical (unpaired) electrons. The highest BCUT2D eigenvalue weighted by atomic mass is 35.5. The van der Waals surface area contributed by atoms with Crippen molar-refractivity contribution in [1.29, 1.82) is 0 Å². The van der Waals surface area contributed by atoms with Crippen molar-refractivity contribution in [3.05, 3.63) is 111 Å². The first kappa shape index (κ1) is 26.2. The minimum atomic E-state index is -0.476. The van der Waals surface area contributed by atoms with Gasteiger partial charge in [0.1, 0.15) is 12.6 Å². The third-order valence-electron chi connectivity index (χ3n) is 6.54. The van der Waals surface area contributed by atoms with Gasteiger partial charge >= 0.3 is 6.03 Å². The number of amides is 3. The first-order chi connectivity index (χ1) is 18.3. The van der Waals surface area contributed by atoms with Gasteiger partial charge in [-0.1, -0.05) is 65.1 Å². The molecule has 9 heteroatoms. The van der Waals surface area contributed by atoms with E-state index in [0.717, 1.165) is 22.6 Å². The van der Waals surface area contributed by atoms with E-state index in [1.165, 1.54) is 4.90 Å². The molecule has 6 nitrogen and oxygen atoms in total. The molecule has 1 aromatic heterocycles. The Morgan fingerprint density at radius 1 is 0.895 bits per heavy atom. The molecule has 194 valence electrons. The van der Waals surface area contributed by atoms with Crippen molar-refractivity contribution >= 4 is 58.1 Å². The lowest BCUT2D eigenvalue weighted by Crippen LogP contribution is -2.49. The molecular formula is C29H25Cl3N4O2. The summed E-state index contributed by atoms with van der Waals surface area (Å²) in [5.41, 5.74) is 3.70. The van der Waals surface area contributed by atoms with Crippen molar-refractivity contribution in [3.8, 4) is 5.69 Å². The van der Waals surface area contributed by atoms with Crippen LogP contribution < -0.4 is 10.2 Å². The van der Waals surface area contributed by atoms with Crippen molar-refractivity contribution < 1.29 is 9.59 Å². The number of nitrogens with one attached hydrogen (secondary N) is 1. The van der Waals surface area contributed by atoms with Crippen LogP contribution in [0.15, 0.2) is 85.1 Å². The molecule has 3 amide bonds. The lowest BCUT2D eigenvalue weighted by atomic mass is 9.97. The van der Waals surface area contributed by atoms with Crippen LogP contribution >= 0.6 is 34.8 Å². The predicted octanol–water partition coefficient (Wildman–Crippen LogP) is 7.82. The predicted molar refractivity (Wildman–Crippen MR) is 154 cm³/mol. The molecule has 0 saturated carbocycles. The molecule has 2 heterocycles. The summed E-state index contributed by atoms with van der Waals surface area (Å²) in [6.45, 7) is 3.54. The lowest BCUT2D eigenvalue weighted by Gasteiger charge is -2.40. The van der Waals surface area contributed by atoms with E-state index in [2.05, 4.69) is 9.88 Å². The zero-order chi connectivity index (χ0) is 27.0. The van der Waals surface area contributed by atoms with Crippen molar-refractivity contribution in [2.45, 2.75) is 25.9 Å². The van der Waals surface area contributed by atoms with Gasteiger partial charge in [0.25, 0.3) is 0 Å². The summed E-state index contributed by atoms with van der Waals surface area (Å²) in [4.78, 5) is 30.8. The van der Waals surface area contributed by atoms with Gasteiger partial charge in [0.05, 0.1) is 32.8 Å². The highest BCUT2D eigenvalue weighted by Gasteiger charge is 2.37. The average Bonchev–Trinajstić information content (AvgIpc) is 3.38. The van der Waals surface area contributed by atoms with Crippen LogP contribution in [-0.2, 0) is 4.79 Å².